The van der Waals surface area contributed by atoms with Crippen LogP contribution in [-0.2, 0) is 63.7 Å². The van der Waals surface area contributed by atoms with Crippen LogP contribution in [0.3, 0.4) is 0 Å². The van der Waals surface area contributed by atoms with Gasteiger partial charge in [-0.1, -0.05) is 32.6 Å². The Morgan fingerprint density at radius 2 is 1.66 bits per heavy atom. The van der Waals surface area contributed by atoms with Crippen molar-refractivity contribution in [2.45, 2.75) is 102 Å². The minimum Gasteiger partial charge on any atom is -0.458 e. The highest BCUT2D eigenvalue weighted by Crippen LogP contribution is 2.43. The number of amides is 4. The van der Waals surface area contributed by atoms with Gasteiger partial charge in [0, 0.05) is 60.7 Å². The highest BCUT2D eigenvalue weighted by atomic mass is 32.2. The smallest absolute Gasteiger partial charge is 0.343 e. The molecule has 4 amide bonds. The van der Waals surface area contributed by atoms with Crippen LogP contribution in [0.2, 0.25) is 0 Å². The number of nitrogens with zero attached hydrogens (tertiary/aromatic N) is 4. The van der Waals surface area contributed by atoms with Crippen molar-refractivity contribution in [1.29, 1.82) is 0 Å². The summed E-state index contributed by atoms with van der Waals surface area (Å²) in [5.41, 5.74) is 13.6. The van der Waals surface area contributed by atoms with E-state index in [9.17, 15) is 42.3 Å². The van der Waals surface area contributed by atoms with Crippen molar-refractivity contribution in [2.24, 2.45) is 29.2 Å². The van der Waals surface area contributed by atoms with E-state index in [0.29, 0.717) is 59.7 Å². The number of fused-ring (bicyclic) bond motifs is 6. The second-order valence-electron chi connectivity index (χ2n) is 18.0. The van der Waals surface area contributed by atoms with Crippen LogP contribution in [0.15, 0.2) is 40.5 Å². The minimum absolute atomic E-state index is 0.0128. The lowest BCUT2D eigenvalue weighted by Crippen LogP contribution is -2.45. The number of nitrogens with one attached hydrogen (secondary N) is 3. The maximum atomic E-state index is 13.9. The molecular weight excluding hydrogens is 927 g/mol. The molecule has 0 radical (unpaired) electrons. The van der Waals surface area contributed by atoms with Gasteiger partial charge in [-0.3, -0.25) is 24.0 Å². The highest BCUT2D eigenvalue weighted by molar-refractivity contribution is 7.90. The molecule has 3 aliphatic heterocycles. The third-order valence-electron chi connectivity index (χ3n) is 12.8. The molecule has 6 heterocycles. The predicted molar refractivity (Wildman–Crippen MR) is 252 cm³/mol. The molecule has 8 N–H and O–H groups in total. The fourth-order valence-corrected chi connectivity index (χ4v) is 9.54. The monoisotopic (exact) mass is 983 g/mol. The van der Waals surface area contributed by atoms with E-state index in [1.165, 1.54) is 12.4 Å². The molecule has 22 heteroatoms. The molecule has 0 spiro atoms. The van der Waals surface area contributed by atoms with Crippen molar-refractivity contribution in [2.75, 3.05) is 32.7 Å². The summed E-state index contributed by atoms with van der Waals surface area (Å²) in [5, 5.41) is 20.1. The summed E-state index contributed by atoms with van der Waals surface area (Å²) in [7, 11) is -3.55. The van der Waals surface area contributed by atoms with Crippen LogP contribution < -0.4 is 42.5 Å². The molecule has 1 unspecified atom stereocenters. The number of rotatable bonds is 20. The largest absolute Gasteiger partial charge is 0.458 e. The van der Waals surface area contributed by atoms with Gasteiger partial charge in [0.05, 0.1) is 59.0 Å². The molecule has 3 aromatic heterocycles. The van der Waals surface area contributed by atoms with Crippen LogP contribution in [0.1, 0.15) is 93.5 Å². The van der Waals surface area contributed by atoms with E-state index in [-0.39, 0.29) is 98.9 Å². The van der Waals surface area contributed by atoms with Gasteiger partial charge in [-0.05, 0) is 68.6 Å². The number of nitrogens with two attached hydrogens (primary N) is 2. The summed E-state index contributed by atoms with van der Waals surface area (Å²) >= 11 is 0. The van der Waals surface area contributed by atoms with Crippen molar-refractivity contribution in [1.82, 2.24) is 35.5 Å². The third kappa shape index (κ3) is 10.9. The van der Waals surface area contributed by atoms with Crippen LogP contribution in [0, 0.1) is 29.6 Å². The van der Waals surface area contributed by atoms with E-state index < -0.39 is 57.0 Å². The summed E-state index contributed by atoms with van der Waals surface area (Å²) < 4.78 is 41.3. The molecule has 0 bridgehead atoms. The molecule has 0 aliphatic carbocycles. The van der Waals surface area contributed by atoms with Crippen molar-refractivity contribution >= 4 is 50.3 Å². The zero-order valence-electron chi connectivity index (χ0n) is 39.4. The standard InChI is InChI=1S/C48H57N9O12S/c1-5-48(64)33-18-36-41-31(23-57(36)45(62)32(33)24-67-46(48)63)28(30-17-37-38(69-25-68-37)19-35(30)56-41)13-10-16-51-39(58)22-53-43(60)34(49)14-8-9-15-52-44(61)40(26(2)3)29(42(50)59)12-7-6-11-27-20-54-47(55-21-27)70(4,65)66/h17-21,26,29,34,40,64H,5,7-10,12-16,22-25,49H2,1-4H3,(H2,50,59)(H,51,58)(H,52,61)(H,53,60)/t29?,34-,40-,48-/m0/s1. The second-order valence-corrected chi connectivity index (χ2v) is 19.9. The van der Waals surface area contributed by atoms with Gasteiger partial charge in [-0.25, -0.2) is 28.2 Å². The van der Waals surface area contributed by atoms with E-state index in [1.54, 1.807) is 23.6 Å². The lowest BCUT2D eigenvalue weighted by atomic mass is 9.79. The number of pyridine rings is 2. The number of benzene rings is 1. The molecule has 21 nitrogen and oxygen atoms in total. The number of aromatic nitrogens is 4. The van der Waals surface area contributed by atoms with Crippen molar-refractivity contribution in [3.8, 4) is 34.7 Å². The van der Waals surface area contributed by atoms with E-state index >= 15 is 0 Å². The molecule has 4 aromatic rings. The fraction of sp³-hybridized carbons (Fsp3) is 0.479. The lowest BCUT2D eigenvalue weighted by molar-refractivity contribution is -0.172. The van der Waals surface area contributed by atoms with Crippen LogP contribution >= 0.6 is 0 Å². The summed E-state index contributed by atoms with van der Waals surface area (Å²) in [4.78, 5) is 90.5. The number of carbonyl (C=O) groups is 5. The van der Waals surface area contributed by atoms with Crippen LogP contribution in [0.25, 0.3) is 22.3 Å². The number of esters is 1. The van der Waals surface area contributed by atoms with E-state index in [1.807, 2.05) is 19.9 Å². The summed E-state index contributed by atoms with van der Waals surface area (Å²) in [6.07, 6.45) is 6.27. The van der Waals surface area contributed by atoms with Gasteiger partial charge in [-0.2, -0.15) is 0 Å². The molecule has 372 valence electrons. The number of ether oxygens (including phenoxy) is 3. The summed E-state index contributed by atoms with van der Waals surface area (Å²) in [6.45, 7) is 5.52. The third-order valence-corrected chi connectivity index (χ3v) is 13.7. The van der Waals surface area contributed by atoms with Crippen molar-refractivity contribution < 1.29 is 51.7 Å². The van der Waals surface area contributed by atoms with E-state index in [4.69, 9.17) is 30.7 Å². The molecule has 70 heavy (non-hydrogen) atoms. The van der Waals surface area contributed by atoms with Gasteiger partial charge >= 0.3 is 5.97 Å². The first-order valence-corrected chi connectivity index (χ1v) is 25.0. The molecule has 0 saturated heterocycles. The topological polar surface area (TPSA) is 316 Å². The van der Waals surface area contributed by atoms with Gasteiger partial charge in [-0.15, -0.1) is 0 Å². The first-order chi connectivity index (χ1) is 33.3. The van der Waals surface area contributed by atoms with Crippen LogP contribution in [0.4, 0.5) is 0 Å². The average molecular weight is 984 g/mol. The molecule has 7 rings (SSSR count). The van der Waals surface area contributed by atoms with Gasteiger partial charge < -0.3 is 51.3 Å². The number of carbonyl (C=O) groups excluding carboxylic acids is 5. The molecular formula is C48H57N9O12S. The van der Waals surface area contributed by atoms with Crippen molar-refractivity contribution in [3.63, 3.8) is 0 Å². The number of primary amides is 1. The van der Waals surface area contributed by atoms with Crippen LogP contribution in [-0.4, -0.2) is 101 Å². The Morgan fingerprint density at radius 1 is 0.943 bits per heavy atom. The van der Waals surface area contributed by atoms with Crippen molar-refractivity contribution in [3.05, 3.63) is 68.8 Å². The maximum absolute atomic E-state index is 13.9. The normalized spacial score (nSPS) is 16.8. The summed E-state index contributed by atoms with van der Waals surface area (Å²) in [6, 6.07) is 4.38. The SMILES string of the molecule is CC[C@@]1(O)C(=O)OCc2c1cc1n(c2=O)Cc2c-1nc1cc3c(cc1c2CCCNC(=O)CNC(=O)[C@@H](N)CCCCNC(=O)[C@@H](C(C)C)C(CCC#Cc1cnc(S(C)(=O)=O)nc1)C(N)=O)OCO3. The Balaban J connectivity index is 0.865. The first kappa shape index (κ1) is 50.9. The lowest BCUT2D eigenvalue weighted by Gasteiger charge is -2.31. The number of aryl methyl sites for hydroxylation is 1. The Morgan fingerprint density at radius 3 is 2.34 bits per heavy atom. The molecule has 1 aromatic carbocycles. The average Bonchev–Trinajstić information content (AvgIpc) is 3.94. The Bertz CT molecular complexity index is 2970. The maximum Gasteiger partial charge on any atom is 0.343 e. The Labute approximate surface area is 403 Å². The zero-order chi connectivity index (χ0) is 50.5. The number of cyclic esters (lactones) is 1. The Hall–Kier alpha value is -6.96. The summed E-state index contributed by atoms with van der Waals surface area (Å²) in [5.74, 6) is 2.37. The van der Waals surface area contributed by atoms with Gasteiger partial charge in [0.25, 0.3) is 5.56 Å². The highest BCUT2D eigenvalue weighted by Gasteiger charge is 2.45. The fourth-order valence-electron chi connectivity index (χ4n) is 9.05. The first-order valence-electron chi connectivity index (χ1n) is 23.1. The predicted octanol–water partition coefficient (Wildman–Crippen LogP) is 0.986. The molecule has 4 atom stereocenters. The van der Waals surface area contributed by atoms with E-state index in [0.717, 1.165) is 22.8 Å². The number of unbranched alkanes of at least 4 members (excludes halogenated alkanes) is 1. The number of aliphatic hydroxyl groups is 1. The number of hydrogen-bond donors (Lipinski definition) is 6. The second kappa shape index (κ2) is 21.4. The quantitative estimate of drug-likeness (QED) is 0.0274. The number of hydrogen-bond acceptors (Lipinski definition) is 16. The molecule has 0 fully saturated rings. The Kier molecular flexibility index (Phi) is 15.5. The molecule has 0 saturated carbocycles. The van der Waals surface area contributed by atoms with E-state index in [2.05, 4.69) is 37.8 Å². The van der Waals surface area contributed by atoms with Crippen LogP contribution in [0.5, 0.6) is 11.5 Å². The van der Waals surface area contributed by atoms with Gasteiger partial charge in [0.2, 0.25) is 45.4 Å². The number of sulfone groups is 1. The zero-order valence-corrected chi connectivity index (χ0v) is 40.2. The van der Waals surface area contributed by atoms with Gasteiger partial charge in [0.1, 0.15) is 6.61 Å². The minimum atomic E-state index is -3.55. The molecule has 3 aliphatic rings. The van der Waals surface area contributed by atoms with Gasteiger partial charge in [0.15, 0.2) is 17.1 Å².